The molecule has 1 N–H and O–H groups in total. The second kappa shape index (κ2) is 10.9. The number of aryl methyl sites for hydroxylation is 1. The van der Waals surface area contributed by atoms with Gasteiger partial charge >= 0.3 is 0 Å². The first-order valence-corrected chi connectivity index (χ1v) is 13.5. The molecule has 1 amide bonds. The number of rotatable bonds is 8. The Morgan fingerprint density at radius 3 is 2.57 bits per heavy atom. The van der Waals surface area contributed by atoms with E-state index in [1.54, 1.807) is 11.8 Å². The third-order valence-corrected chi connectivity index (χ3v) is 7.66. The summed E-state index contributed by atoms with van der Waals surface area (Å²) < 4.78 is 0. The molecule has 6 nitrogen and oxygen atoms in total. The van der Waals surface area contributed by atoms with Crippen LogP contribution in [-0.2, 0) is 5.75 Å². The van der Waals surface area contributed by atoms with Gasteiger partial charge in [0, 0.05) is 55.8 Å². The minimum absolute atomic E-state index is 0.00812. The summed E-state index contributed by atoms with van der Waals surface area (Å²) in [7, 11) is 0. The average molecular weight is 508 g/mol. The van der Waals surface area contributed by atoms with Crippen molar-refractivity contribution < 1.29 is 4.79 Å². The summed E-state index contributed by atoms with van der Waals surface area (Å²) in [5.41, 5.74) is 3.85. The summed E-state index contributed by atoms with van der Waals surface area (Å²) in [5, 5.41) is 4.60. The van der Waals surface area contributed by atoms with E-state index in [4.69, 9.17) is 16.6 Å². The molecule has 0 unspecified atom stereocenters. The van der Waals surface area contributed by atoms with Crippen LogP contribution in [-0.4, -0.2) is 48.6 Å². The predicted octanol–water partition coefficient (Wildman–Crippen LogP) is 5.20. The Morgan fingerprint density at radius 1 is 1.03 bits per heavy atom. The summed E-state index contributed by atoms with van der Waals surface area (Å²) in [5.74, 6) is 2.36. The number of nitrogens with one attached hydrogen (secondary N) is 1. The molecular formula is C27H30ClN5OS. The zero-order chi connectivity index (χ0) is 24.2. The number of hydrogen-bond donors (Lipinski definition) is 1. The van der Waals surface area contributed by atoms with E-state index in [1.807, 2.05) is 43.3 Å². The molecule has 1 saturated carbocycles. The quantitative estimate of drug-likeness (QED) is 0.334. The van der Waals surface area contributed by atoms with E-state index in [1.165, 1.54) is 12.8 Å². The molecule has 3 aromatic rings. The summed E-state index contributed by atoms with van der Waals surface area (Å²) in [4.78, 5) is 26.6. The minimum Gasteiger partial charge on any atom is -0.367 e. The molecule has 1 saturated heterocycles. The lowest BCUT2D eigenvalue weighted by molar-refractivity contribution is 0.0951. The monoisotopic (exact) mass is 507 g/mol. The average Bonchev–Trinajstić information content (AvgIpc) is 3.71. The lowest BCUT2D eigenvalue weighted by Gasteiger charge is -2.37. The normalized spacial score (nSPS) is 15.8. The Labute approximate surface area is 216 Å². The number of halogens is 1. The van der Waals surface area contributed by atoms with Crippen LogP contribution in [0.15, 0.2) is 59.8 Å². The molecule has 1 aliphatic heterocycles. The van der Waals surface area contributed by atoms with Crippen molar-refractivity contribution in [1.29, 1.82) is 0 Å². The Morgan fingerprint density at radius 2 is 1.80 bits per heavy atom. The number of aromatic nitrogens is 2. The highest BCUT2D eigenvalue weighted by molar-refractivity contribution is 7.98. The van der Waals surface area contributed by atoms with Crippen LogP contribution in [0.3, 0.4) is 0 Å². The van der Waals surface area contributed by atoms with E-state index in [0.29, 0.717) is 17.2 Å². The smallest absolute Gasteiger partial charge is 0.251 e. The van der Waals surface area contributed by atoms with Crippen LogP contribution in [0.1, 0.15) is 34.5 Å². The molecule has 2 aliphatic rings. The van der Waals surface area contributed by atoms with Gasteiger partial charge in [0.2, 0.25) is 0 Å². The first-order valence-electron chi connectivity index (χ1n) is 12.2. The number of benzene rings is 2. The number of thioether (sulfide) groups is 1. The maximum Gasteiger partial charge on any atom is 0.251 e. The van der Waals surface area contributed by atoms with Crippen LogP contribution in [0.2, 0.25) is 5.02 Å². The largest absolute Gasteiger partial charge is 0.367 e. The van der Waals surface area contributed by atoms with Gasteiger partial charge in [-0.05, 0) is 55.5 Å². The zero-order valence-corrected chi connectivity index (χ0v) is 21.5. The Balaban J connectivity index is 1.20. The molecule has 5 rings (SSSR count). The van der Waals surface area contributed by atoms with Crippen molar-refractivity contribution in [2.24, 2.45) is 5.92 Å². The molecule has 0 bridgehead atoms. The maximum atomic E-state index is 12.4. The van der Waals surface area contributed by atoms with Crippen LogP contribution in [0.4, 0.5) is 11.5 Å². The third kappa shape index (κ3) is 6.27. The number of anilines is 2. The van der Waals surface area contributed by atoms with Gasteiger partial charge in [-0.25, -0.2) is 9.97 Å². The molecule has 182 valence electrons. The standard InChI is InChI=1S/C27H30ClN5OS/c1-19-15-25(33-13-11-32(12-14-33)24-8-3-2-7-23(24)28)31-27(30-19)35-18-21-5-4-6-22(16-21)26(34)29-17-20-9-10-20/h2-8,15-16,20H,9-14,17-18H2,1H3,(H,29,34). The van der Waals surface area contributed by atoms with Gasteiger partial charge in [0.05, 0.1) is 10.7 Å². The molecule has 1 aliphatic carbocycles. The molecule has 0 atom stereocenters. The Bertz CT molecular complexity index is 1190. The number of carbonyl (C=O) groups is 1. The van der Waals surface area contributed by atoms with E-state index in [-0.39, 0.29) is 5.91 Å². The lowest BCUT2D eigenvalue weighted by atomic mass is 10.1. The van der Waals surface area contributed by atoms with Crippen LogP contribution in [0.25, 0.3) is 0 Å². The number of para-hydroxylation sites is 1. The first kappa shape index (κ1) is 23.9. The van der Waals surface area contributed by atoms with Gasteiger partial charge in [0.15, 0.2) is 5.16 Å². The van der Waals surface area contributed by atoms with Gasteiger partial charge in [0.25, 0.3) is 5.91 Å². The van der Waals surface area contributed by atoms with Crippen molar-refractivity contribution in [3.05, 3.63) is 76.4 Å². The molecule has 1 aromatic heterocycles. The van der Waals surface area contributed by atoms with Gasteiger partial charge in [-0.3, -0.25) is 4.79 Å². The highest BCUT2D eigenvalue weighted by Gasteiger charge is 2.22. The number of amides is 1. The highest BCUT2D eigenvalue weighted by Crippen LogP contribution is 2.29. The van der Waals surface area contributed by atoms with Gasteiger partial charge in [-0.15, -0.1) is 0 Å². The Hall–Kier alpha value is -2.77. The molecule has 2 fully saturated rings. The molecular weight excluding hydrogens is 478 g/mol. The second-order valence-electron chi connectivity index (χ2n) is 9.22. The summed E-state index contributed by atoms with van der Waals surface area (Å²) >= 11 is 8.00. The number of piperazine rings is 1. The summed E-state index contributed by atoms with van der Waals surface area (Å²) in [6, 6.07) is 17.9. The van der Waals surface area contributed by atoms with Gasteiger partial charge < -0.3 is 15.1 Å². The minimum atomic E-state index is 0.00812. The van der Waals surface area contributed by atoms with E-state index in [9.17, 15) is 4.79 Å². The fourth-order valence-electron chi connectivity index (χ4n) is 4.25. The maximum absolute atomic E-state index is 12.4. The van der Waals surface area contributed by atoms with Crippen LogP contribution in [0.5, 0.6) is 0 Å². The fraction of sp³-hybridized carbons (Fsp3) is 0.370. The van der Waals surface area contributed by atoms with Crippen molar-refractivity contribution in [1.82, 2.24) is 15.3 Å². The number of nitrogens with zero attached hydrogens (tertiary/aromatic N) is 4. The third-order valence-electron chi connectivity index (χ3n) is 6.42. The van der Waals surface area contributed by atoms with E-state index < -0.39 is 0 Å². The molecule has 35 heavy (non-hydrogen) atoms. The van der Waals surface area contributed by atoms with Crippen LogP contribution in [0, 0.1) is 12.8 Å². The van der Waals surface area contributed by atoms with E-state index >= 15 is 0 Å². The van der Waals surface area contributed by atoms with Gasteiger partial charge in [0.1, 0.15) is 5.82 Å². The first-order chi connectivity index (χ1) is 17.0. The molecule has 2 aromatic carbocycles. The number of carbonyl (C=O) groups excluding carboxylic acids is 1. The predicted molar refractivity (Wildman–Crippen MR) is 144 cm³/mol. The highest BCUT2D eigenvalue weighted by atomic mass is 35.5. The fourth-order valence-corrected chi connectivity index (χ4v) is 5.34. The molecule has 8 heteroatoms. The zero-order valence-electron chi connectivity index (χ0n) is 19.9. The molecule has 0 radical (unpaired) electrons. The summed E-state index contributed by atoms with van der Waals surface area (Å²) in [6.45, 7) is 6.34. The van der Waals surface area contributed by atoms with Crippen molar-refractivity contribution in [2.75, 3.05) is 42.5 Å². The summed E-state index contributed by atoms with van der Waals surface area (Å²) in [6.07, 6.45) is 2.46. The topological polar surface area (TPSA) is 61.4 Å². The second-order valence-corrected chi connectivity index (χ2v) is 10.6. The van der Waals surface area contributed by atoms with Crippen molar-refractivity contribution in [3.8, 4) is 0 Å². The van der Waals surface area contributed by atoms with Crippen molar-refractivity contribution in [2.45, 2.75) is 30.7 Å². The Kier molecular flexibility index (Phi) is 7.44. The molecule has 0 spiro atoms. The SMILES string of the molecule is Cc1cc(N2CCN(c3ccccc3Cl)CC2)nc(SCc2cccc(C(=O)NCC3CC3)c2)n1. The van der Waals surface area contributed by atoms with Crippen LogP contribution < -0.4 is 15.1 Å². The van der Waals surface area contributed by atoms with Crippen molar-refractivity contribution in [3.63, 3.8) is 0 Å². The molecule has 2 heterocycles. The van der Waals surface area contributed by atoms with Crippen molar-refractivity contribution >= 4 is 40.8 Å². The van der Waals surface area contributed by atoms with E-state index in [0.717, 1.165) is 65.7 Å². The lowest BCUT2D eigenvalue weighted by Crippen LogP contribution is -2.47. The van der Waals surface area contributed by atoms with E-state index in [2.05, 4.69) is 38.3 Å². The number of hydrogen-bond acceptors (Lipinski definition) is 6. The van der Waals surface area contributed by atoms with Gasteiger partial charge in [-0.1, -0.05) is 47.6 Å². The van der Waals surface area contributed by atoms with Gasteiger partial charge in [-0.2, -0.15) is 0 Å². The van der Waals surface area contributed by atoms with Crippen LogP contribution >= 0.6 is 23.4 Å².